The molecule has 0 N–H and O–H groups in total. The predicted octanol–water partition coefficient (Wildman–Crippen LogP) is 21.5. The van der Waals surface area contributed by atoms with Gasteiger partial charge < -0.3 is 14.2 Å². The highest BCUT2D eigenvalue weighted by atomic mass is 16.6. The highest BCUT2D eigenvalue weighted by Crippen LogP contribution is 2.16. The lowest BCUT2D eigenvalue weighted by Gasteiger charge is -2.18. The third kappa shape index (κ3) is 59.5. The van der Waals surface area contributed by atoms with Gasteiger partial charge in [0.1, 0.15) is 13.2 Å². The molecule has 0 bridgehead atoms. The minimum atomic E-state index is -0.796. The van der Waals surface area contributed by atoms with Gasteiger partial charge >= 0.3 is 17.9 Å². The largest absolute Gasteiger partial charge is 0.462 e. The van der Waals surface area contributed by atoms with E-state index in [0.29, 0.717) is 19.3 Å². The number of rotatable bonds is 57. The SMILES string of the molecule is CC/C=C\C/C=C\C/C=C\C/C=C\CCCCCCC(=O)OC(COC(=O)CCCCCCC/C=C\C/C=C\CCCC)COC(=O)CCCCCCCCCCCCCCC/C=C\CCCCCCCCCC. The molecule has 1 unspecified atom stereocenters. The second kappa shape index (κ2) is 62.1. The maximum Gasteiger partial charge on any atom is 0.306 e. The lowest BCUT2D eigenvalue weighted by molar-refractivity contribution is -0.167. The first-order valence-corrected chi connectivity index (χ1v) is 31.6. The van der Waals surface area contributed by atoms with Crippen molar-refractivity contribution in [3.8, 4) is 0 Å². The summed E-state index contributed by atoms with van der Waals surface area (Å²) in [6.07, 6.45) is 81.6. The summed E-state index contributed by atoms with van der Waals surface area (Å²) in [7, 11) is 0. The molecule has 0 aliphatic heterocycles. The monoisotopic (exact) mass is 1030 g/mol. The van der Waals surface area contributed by atoms with Gasteiger partial charge in [-0.1, -0.05) is 266 Å². The standard InChI is InChI=1S/C68H118O6/c1-4-7-10-13-16-19-22-25-28-30-31-32-33-34-35-36-37-39-40-43-46-49-52-55-58-61-67(70)73-64-65(63-72-66(69)60-57-54-51-48-45-42-27-24-21-18-15-12-9-6-3)74-68(71)62-59-56-53-50-47-44-41-38-29-26-23-20-17-14-11-8-5-2/h8,11,15,17-18,20,24,26-27,29-31,41,44,65H,4-7,9-10,12-14,16,19,21-23,25,28,32-40,42-43,45-64H2,1-3H3/b11-8-,18-15-,20-17-,27-24-,29-26-,31-30-,44-41-. The summed E-state index contributed by atoms with van der Waals surface area (Å²) in [5, 5.41) is 0. The number of unbranched alkanes of at least 4 members (excludes halogenated alkanes) is 32. The highest BCUT2D eigenvalue weighted by Gasteiger charge is 2.19. The fourth-order valence-corrected chi connectivity index (χ4v) is 8.86. The average Bonchev–Trinajstić information content (AvgIpc) is 3.40. The molecule has 6 heteroatoms. The number of allylic oxidation sites excluding steroid dienone is 14. The lowest BCUT2D eigenvalue weighted by atomic mass is 10.0. The molecule has 0 radical (unpaired) electrons. The maximum atomic E-state index is 12.9. The van der Waals surface area contributed by atoms with Crippen molar-refractivity contribution < 1.29 is 28.6 Å². The van der Waals surface area contributed by atoms with E-state index < -0.39 is 6.10 Å². The van der Waals surface area contributed by atoms with E-state index in [-0.39, 0.29) is 31.1 Å². The van der Waals surface area contributed by atoms with Crippen LogP contribution in [0.5, 0.6) is 0 Å². The van der Waals surface area contributed by atoms with Gasteiger partial charge in [-0.05, 0) is 109 Å². The summed E-state index contributed by atoms with van der Waals surface area (Å²) < 4.78 is 16.9. The summed E-state index contributed by atoms with van der Waals surface area (Å²) in [5.74, 6) is -0.919. The molecule has 0 fully saturated rings. The van der Waals surface area contributed by atoms with Crippen molar-refractivity contribution in [1.29, 1.82) is 0 Å². The first-order valence-electron chi connectivity index (χ1n) is 31.6. The predicted molar refractivity (Wildman–Crippen MR) is 321 cm³/mol. The number of hydrogen-bond acceptors (Lipinski definition) is 6. The first-order chi connectivity index (χ1) is 36.5. The minimum absolute atomic E-state index is 0.0902. The van der Waals surface area contributed by atoms with Crippen LogP contribution in [0.15, 0.2) is 85.1 Å². The van der Waals surface area contributed by atoms with Crippen LogP contribution in [-0.2, 0) is 28.6 Å². The van der Waals surface area contributed by atoms with Crippen LogP contribution in [0.25, 0.3) is 0 Å². The van der Waals surface area contributed by atoms with Crippen molar-refractivity contribution in [1.82, 2.24) is 0 Å². The summed E-state index contributed by atoms with van der Waals surface area (Å²) in [6.45, 7) is 6.48. The average molecular weight is 1030 g/mol. The molecule has 0 rings (SSSR count). The van der Waals surface area contributed by atoms with Crippen LogP contribution in [0.3, 0.4) is 0 Å². The van der Waals surface area contributed by atoms with E-state index in [0.717, 1.165) is 122 Å². The Labute approximate surface area is 458 Å². The zero-order chi connectivity index (χ0) is 53.6. The van der Waals surface area contributed by atoms with Crippen molar-refractivity contribution >= 4 is 17.9 Å². The molecule has 0 saturated carbocycles. The quantitative estimate of drug-likeness (QED) is 0.0261. The molecule has 6 nitrogen and oxygen atoms in total. The van der Waals surface area contributed by atoms with E-state index >= 15 is 0 Å². The maximum absolute atomic E-state index is 12.9. The number of ether oxygens (including phenoxy) is 3. The number of esters is 3. The van der Waals surface area contributed by atoms with Gasteiger partial charge in [-0.25, -0.2) is 0 Å². The Kier molecular flexibility index (Phi) is 59.3. The van der Waals surface area contributed by atoms with Crippen LogP contribution in [-0.4, -0.2) is 37.2 Å². The second-order valence-corrected chi connectivity index (χ2v) is 20.9. The Balaban J connectivity index is 4.33. The van der Waals surface area contributed by atoms with Gasteiger partial charge in [0.05, 0.1) is 0 Å². The fourth-order valence-electron chi connectivity index (χ4n) is 8.86. The van der Waals surface area contributed by atoms with E-state index in [4.69, 9.17) is 14.2 Å². The Morgan fingerprint density at radius 1 is 0.284 bits per heavy atom. The molecule has 0 amide bonds. The molecule has 0 aliphatic rings. The van der Waals surface area contributed by atoms with Gasteiger partial charge in [0.15, 0.2) is 6.10 Å². The molecular weight excluding hydrogens is 913 g/mol. The third-order valence-corrected chi connectivity index (χ3v) is 13.6. The van der Waals surface area contributed by atoms with Crippen molar-refractivity contribution in [3.05, 3.63) is 85.1 Å². The van der Waals surface area contributed by atoms with Crippen LogP contribution in [0.1, 0.15) is 310 Å². The number of carbonyl (C=O) groups is 3. The molecule has 0 aromatic carbocycles. The lowest BCUT2D eigenvalue weighted by Crippen LogP contribution is -2.30. The smallest absolute Gasteiger partial charge is 0.306 e. The molecule has 0 heterocycles. The molecule has 74 heavy (non-hydrogen) atoms. The van der Waals surface area contributed by atoms with Crippen molar-refractivity contribution in [2.45, 2.75) is 316 Å². The molecule has 0 aromatic rings. The highest BCUT2D eigenvalue weighted by molar-refractivity contribution is 5.71. The topological polar surface area (TPSA) is 78.9 Å². The van der Waals surface area contributed by atoms with E-state index in [1.807, 2.05) is 0 Å². The first kappa shape index (κ1) is 70.6. The normalized spacial score (nSPS) is 12.6. The van der Waals surface area contributed by atoms with Crippen LogP contribution in [0.2, 0.25) is 0 Å². The number of hydrogen-bond donors (Lipinski definition) is 0. The van der Waals surface area contributed by atoms with Gasteiger partial charge in [0.25, 0.3) is 0 Å². The van der Waals surface area contributed by atoms with Gasteiger partial charge in [0.2, 0.25) is 0 Å². The molecule has 0 saturated heterocycles. The number of carbonyl (C=O) groups excluding carboxylic acids is 3. The van der Waals surface area contributed by atoms with Crippen LogP contribution in [0.4, 0.5) is 0 Å². The summed E-state index contributed by atoms with van der Waals surface area (Å²) in [5.41, 5.74) is 0. The Bertz CT molecular complexity index is 1420. The zero-order valence-corrected chi connectivity index (χ0v) is 48.8. The third-order valence-electron chi connectivity index (χ3n) is 13.6. The van der Waals surface area contributed by atoms with E-state index in [9.17, 15) is 14.4 Å². The Morgan fingerprint density at radius 3 is 0.878 bits per heavy atom. The summed E-state index contributed by atoms with van der Waals surface area (Å²) in [6, 6.07) is 0. The van der Waals surface area contributed by atoms with Gasteiger partial charge in [-0.2, -0.15) is 0 Å². The van der Waals surface area contributed by atoms with Gasteiger partial charge in [-0.15, -0.1) is 0 Å². The van der Waals surface area contributed by atoms with Gasteiger partial charge in [-0.3, -0.25) is 14.4 Å². The van der Waals surface area contributed by atoms with E-state index in [1.54, 1.807) is 0 Å². The van der Waals surface area contributed by atoms with Crippen LogP contribution < -0.4 is 0 Å². The molecule has 0 aromatic heterocycles. The second-order valence-electron chi connectivity index (χ2n) is 20.9. The Morgan fingerprint density at radius 2 is 0.541 bits per heavy atom. The fraction of sp³-hybridized carbons (Fsp3) is 0.750. The Hall–Kier alpha value is -3.41. The zero-order valence-electron chi connectivity index (χ0n) is 48.8. The summed E-state index contributed by atoms with van der Waals surface area (Å²) >= 11 is 0. The van der Waals surface area contributed by atoms with E-state index in [1.165, 1.54) is 148 Å². The molecule has 426 valence electrons. The van der Waals surface area contributed by atoms with Gasteiger partial charge in [0, 0.05) is 19.3 Å². The van der Waals surface area contributed by atoms with Crippen molar-refractivity contribution in [2.75, 3.05) is 13.2 Å². The van der Waals surface area contributed by atoms with Crippen molar-refractivity contribution in [3.63, 3.8) is 0 Å². The molecular formula is C68H118O6. The molecule has 1 atom stereocenters. The molecule has 0 aliphatic carbocycles. The minimum Gasteiger partial charge on any atom is -0.462 e. The van der Waals surface area contributed by atoms with E-state index in [2.05, 4.69) is 106 Å². The van der Waals surface area contributed by atoms with Crippen LogP contribution in [0, 0.1) is 0 Å². The van der Waals surface area contributed by atoms with Crippen LogP contribution >= 0.6 is 0 Å². The van der Waals surface area contributed by atoms with Crippen molar-refractivity contribution in [2.24, 2.45) is 0 Å². The summed E-state index contributed by atoms with van der Waals surface area (Å²) in [4.78, 5) is 38.3. The molecule has 0 spiro atoms.